The molecule has 0 aromatic heterocycles. The lowest BCUT2D eigenvalue weighted by Gasteiger charge is -2.41. The predicted molar refractivity (Wildman–Crippen MR) is 94.4 cm³/mol. The highest BCUT2D eigenvalue weighted by atomic mass is 16.6. The van der Waals surface area contributed by atoms with Crippen LogP contribution in [0.5, 0.6) is 0 Å². The van der Waals surface area contributed by atoms with Gasteiger partial charge in [-0.3, -0.25) is 4.79 Å². The first-order valence-corrected chi connectivity index (χ1v) is 8.53. The van der Waals surface area contributed by atoms with Crippen molar-refractivity contribution in [3.63, 3.8) is 0 Å². The van der Waals surface area contributed by atoms with Crippen LogP contribution >= 0.6 is 0 Å². The second-order valence-electron chi connectivity index (χ2n) is 7.93. The summed E-state index contributed by atoms with van der Waals surface area (Å²) >= 11 is 0. The molecule has 0 aromatic carbocycles. The van der Waals surface area contributed by atoms with Gasteiger partial charge in [0.25, 0.3) is 0 Å². The third-order valence-corrected chi connectivity index (χ3v) is 4.72. The molecule has 0 aromatic rings. The summed E-state index contributed by atoms with van der Waals surface area (Å²) in [6.45, 7) is 16.7. The van der Waals surface area contributed by atoms with Crippen LogP contribution in [-0.4, -0.2) is 36.4 Å². The Morgan fingerprint density at radius 2 is 1.62 bits per heavy atom. The molecule has 0 aliphatic heterocycles. The molecule has 0 rings (SSSR count). The predicted octanol–water partition coefficient (Wildman–Crippen LogP) is 3.50. The van der Waals surface area contributed by atoms with Crippen LogP contribution in [0.2, 0.25) is 0 Å². The van der Waals surface area contributed by atoms with Crippen molar-refractivity contribution in [3.05, 3.63) is 12.2 Å². The second-order valence-corrected chi connectivity index (χ2v) is 7.93. The van der Waals surface area contributed by atoms with Crippen molar-refractivity contribution >= 4 is 11.9 Å². The highest BCUT2D eigenvalue weighted by Crippen LogP contribution is 2.44. The molecule has 0 amide bonds. The van der Waals surface area contributed by atoms with Crippen LogP contribution in [0.15, 0.2) is 12.2 Å². The number of carbonyl (C=O) groups is 2. The largest absolute Gasteiger partial charge is 0.462 e. The molecule has 0 radical (unpaired) electrons. The molecule has 1 N–H and O–H groups in total. The van der Waals surface area contributed by atoms with E-state index >= 15 is 0 Å². The van der Waals surface area contributed by atoms with Gasteiger partial charge in [-0.1, -0.05) is 47.6 Å². The second kappa shape index (κ2) is 9.21. The van der Waals surface area contributed by atoms with E-state index in [1.54, 1.807) is 0 Å². The summed E-state index contributed by atoms with van der Waals surface area (Å²) < 4.78 is 10.2. The van der Waals surface area contributed by atoms with Gasteiger partial charge in [0.15, 0.2) is 0 Å². The van der Waals surface area contributed by atoms with Crippen molar-refractivity contribution in [1.29, 1.82) is 0 Å². The lowest BCUT2D eigenvalue weighted by molar-refractivity contribution is -0.168. The van der Waals surface area contributed by atoms with Crippen LogP contribution in [0.4, 0.5) is 0 Å². The molecule has 0 heterocycles. The molecule has 3 unspecified atom stereocenters. The fourth-order valence-electron chi connectivity index (χ4n) is 2.21. The molecule has 140 valence electrons. The molecule has 0 aliphatic carbocycles. The molecule has 5 nitrogen and oxygen atoms in total. The Kier molecular flexibility index (Phi) is 8.69. The fraction of sp³-hybridized carbons (Fsp3) is 0.789. The van der Waals surface area contributed by atoms with Crippen molar-refractivity contribution in [2.24, 2.45) is 16.7 Å². The molecule has 5 heteroatoms. The van der Waals surface area contributed by atoms with Gasteiger partial charge < -0.3 is 14.6 Å². The molecule has 24 heavy (non-hydrogen) atoms. The van der Waals surface area contributed by atoms with Gasteiger partial charge in [0.1, 0.15) is 19.3 Å². The van der Waals surface area contributed by atoms with Crippen molar-refractivity contribution in [2.45, 2.75) is 67.4 Å². The quantitative estimate of drug-likeness (QED) is 0.513. The van der Waals surface area contributed by atoms with Crippen LogP contribution in [0, 0.1) is 16.7 Å². The number of hydrogen-bond acceptors (Lipinski definition) is 5. The summed E-state index contributed by atoms with van der Waals surface area (Å²) in [5.74, 6) is -0.513. The smallest absolute Gasteiger partial charge is 0.333 e. The van der Waals surface area contributed by atoms with E-state index in [-0.39, 0.29) is 30.2 Å². The van der Waals surface area contributed by atoms with Crippen LogP contribution in [0.3, 0.4) is 0 Å². The first kappa shape index (κ1) is 22.6. The van der Waals surface area contributed by atoms with Gasteiger partial charge in [0.2, 0.25) is 0 Å². The van der Waals surface area contributed by atoms with Gasteiger partial charge in [0, 0.05) is 5.57 Å². The Hall–Kier alpha value is -1.36. The first-order valence-electron chi connectivity index (χ1n) is 8.53. The summed E-state index contributed by atoms with van der Waals surface area (Å²) in [5, 5.41) is 9.84. The summed E-state index contributed by atoms with van der Waals surface area (Å²) in [5.41, 5.74) is -0.672. The SMILES string of the molecule is C=C(C)C(=O)OCC(O)COC(=O)C(C)(CC(C)CC)C(C)(C)C. The Bertz CT molecular complexity index is 449. The molecule has 0 spiro atoms. The summed E-state index contributed by atoms with van der Waals surface area (Å²) in [4.78, 5) is 23.9. The average molecular weight is 342 g/mol. The van der Waals surface area contributed by atoms with E-state index < -0.39 is 17.5 Å². The fourth-order valence-corrected chi connectivity index (χ4v) is 2.21. The molecule has 0 saturated carbocycles. The number of carbonyl (C=O) groups excluding carboxylic acids is 2. The maximum Gasteiger partial charge on any atom is 0.333 e. The van der Waals surface area contributed by atoms with Crippen LogP contribution in [0.25, 0.3) is 0 Å². The molecule has 0 aliphatic rings. The van der Waals surface area contributed by atoms with Gasteiger partial charge in [-0.05, 0) is 31.6 Å². The minimum atomic E-state index is -1.05. The topological polar surface area (TPSA) is 72.8 Å². The van der Waals surface area contributed by atoms with Crippen molar-refractivity contribution in [1.82, 2.24) is 0 Å². The van der Waals surface area contributed by atoms with Crippen LogP contribution < -0.4 is 0 Å². The number of rotatable bonds is 9. The van der Waals surface area contributed by atoms with E-state index in [2.05, 4.69) is 20.4 Å². The highest BCUT2D eigenvalue weighted by molar-refractivity contribution is 5.86. The Balaban J connectivity index is 4.73. The van der Waals surface area contributed by atoms with E-state index in [4.69, 9.17) is 9.47 Å². The highest BCUT2D eigenvalue weighted by Gasteiger charge is 2.46. The van der Waals surface area contributed by atoms with E-state index in [9.17, 15) is 14.7 Å². The molecular weight excluding hydrogens is 308 g/mol. The minimum absolute atomic E-state index is 0.200. The Labute approximate surface area is 146 Å². The standard InChI is InChI=1S/C19H34O5/c1-9-14(4)10-19(8,18(5,6)7)17(22)24-12-15(20)11-23-16(21)13(2)3/h14-15,20H,2,9-12H2,1,3-8H3. The first-order chi connectivity index (χ1) is 10.8. The summed E-state index contributed by atoms with van der Waals surface area (Å²) in [7, 11) is 0. The Morgan fingerprint density at radius 1 is 1.12 bits per heavy atom. The van der Waals surface area contributed by atoms with Crippen molar-refractivity contribution < 1.29 is 24.2 Å². The average Bonchev–Trinajstić information content (AvgIpc) is 2.48. The molecule has 0 fully saturated rings. The van der Waals surface area contributed by atoms with Gasteiger partial charge in [-0.15, -0.1) is 0 Å². The zero-order valence-corrected chi connectivity index (χ0v) is 16.3. The number of ether oxygens (including phenoxy) is 2. The van der Waals surface area contributed by atoms with E-state index in [0.717, 1.165) is 6.42 Å². The van der Waals surface area contributed by atoms with Crippen molar-refractivity contribution in [2.75, 3.05) is 13.2 Å². The van der Waals surface area contributed by atoms with E-state index in [0.29, 0.717) is 12.3 Å². The lowest BCUT2D eigenvalue weighted by Crippen LogP contribution is -2.44. The number of aliphatic hydroxyl groups is 1. The van der Waals surface area contributed by atoms with Gasteiger partial charge in [0.05, 0.1) is 5.41 Å². The molecule has 0 bridgehead atoms. The zero-order valence-electron chi connectivity index (χ0n) is 16.3. The number of esters is 2. The number of aliphatic hydroxyl groups excluding tert-OH is 1. The van der Waals surface area contributed by atoms with E-state index in [1.807, 2.05) is 27.7 Å². The molecule has 3 atom stereocenters. The molecular formula is C19H34O5. The Morgan fingerprint density at radius 3 is 2.04 bits per heavy atom. The number of hydrogen-bond donors (Lipinski definition) is 1. The zero-order chi connectivity index (χ0) is 19.1. The van der Waals surface area contributed by atoms with Crippen molar-refractivity contribution in [3.8, 4) is 0 Å². The van der Waals surface area contributed by atoms with Crippen LogP contribution in [-0.2, 0) is 19.1 Å². The third kappa shape index (κ3) is 6.63. The van der Waals surface area contributed by atoms with Crippen LogP contribution in [0.1, 0.15) is 61.3 Å². The maximum atomic E-state index is 12.7. The van der Waals surface area contributed by atoms with Gasteiger partial charge >= 0.3 is 11.9 Å². The maximum absolute atomic E-state index is 12.7. The summed E-state index contributed by atoms with van der Waals surface area (Å²) in [6.07, 6.45) is 0.649. The minimum Gasteiger partial charge on any atom is -0.462 e. The van der Waals surface area contributed by atoms with Gasteiger partial charge in [-0.25, -0.2) is 4.79 Å². The molecule has 0 saturated heterocycles. The van der Waals surface area contributed by atoms with Gasteiger partial charge in [-0.2, -0.15) is 0 Å². The monoisotopic (exact) mass is 342 g/mol. The summed E-state index contributed by atoms with van der Waals surface area (Å²) in [6, 6.07) is 0. The lowest BCUT2D eigenvalue weighted by atomic mass is 9.63. The van der Waals surface area contributed by atoms with E-state index in [1.165, 1.54) is 6.92 Å². The normalized spacial score (nSPS) is 16.7. The third-order valence-electron chi connectivity index (χ3n) is 4.72.